The van der Waals surface area contributed by atoms with Crippen LogP contribution < -0.4 is 14.2 Å². The second-order valence-electron chi connectivity index (χ2n) is 9.84. The maximum absolute atomic E-state index is 13.3. The molecule has 0 unspecified atom stereocenters. The van der Waals surface area contributed by atoms with E-state index in [9.17, 15) is 14.9 Å². The summed E-state index contributed by atoms with van der Waals surface area (Å²) in [5.41, 5.74) is 3.04. The molecule has 1 aliphatic heterocycles. The highest BCUT2D eigenvalue weighted by molar-refractivity contribution is 8.00. The number of benzene rings is 2. The van der Waals surface area contributed by atoms with Gasteiger partial charge in [-0.1, -0.05) is 37.7 Å². The maximum Gasteiger partial charge on any atom is 0.173 e. The SMILES string of the molecule is COc1ccc(-c2c(C#N)c(SCC(=O)c3ccc4c(c3)OCCO4)nc3c2C(=O)CC(C)(C)C3)cc1. The first-order chi connectivity index (χ1) is 17.8. The van der Waals surface area contributed by atoms with Crippen LogP contribution >= 0.6 is 11.8 Å². The Morgan fingerprint density at radius 2 is 1.81 bits per heavy atom. The molecule has 0 amide bonds. The summed E-state index contributed by atoms with van der Waals surface area (Å²) in [6, 6.07) is 14.7. The van der Waals surface area contributed by atoms with Crippen molar-refractivity contribution in [3.8, 4) is 34.4 Å². The Hall–Kier alpha value is -3.83. The van der Waals surface area contributed by atoms with Gasteiger partial charge in [0.2, 0.25) is 0 Å². The van der Waals surface area contributed by atoms with Crippen LogP contribution in [0.5, 0.6) is 17.2 Å². The lowest BCUT2D eigenvalue weighted by molar-refractivity contribution is 0.0909. The third-order valence-corrected chi connectivity index (χ3v) is 7.47. The second-order valence-corrected chi connectivity index (χ2v) is 10.8. The molecule has 0 spiro atoms. The number of nitriles is 1. The van der Waals surface area contributed by atoms with E-state index in [-0.39, 0.29) is 22.7 Å². The Morgan fingerprint density at radius 3 is 2.51 bits per heavy atom. The minimum Gasteiger partial charge on any atom is -0.497 e. The molecular formula is C29H26N2O5S. The first kappa shape index (κ1) is 24.8. The number of rotatable bonds is 6. The highest BCUT2D eigenvalue weighted by atomic mass is 32.2. The lowest BCUT2D eigenvalue weighted by Gasteiger charge is -2.31. The van der Waals surface area contributed by atoms with E-state index in [1.54, 1.807) is 37.4 Å². The largest absolute Gasteiger partial charge is 0.497 e. The van der Waals surface area contributed by atoms with Gasteiger partial charge in [-0.15, -0.1) is 0 Å². The Morgan fingerprint density at radius 1 is 1.08 bits per heavy atom. The maximum atomic E-state index is 13.3. The molecule has 1 aromatic heterocycles. The van der Waals surface area contributed by atoms with Crippen molar-refractivity contribution >= 4 is 23.3 Å². The number of aromatic nitrogens is 1. The van der Waals surface area contributed by atoms with Gasteiger partial charge in [-0.3, -0.25) is 9.59 Å². The molecule has 37 heavy (non-hydrogen) atoms. The number of carbonyl (C=O) groups excluding carboxylic acids is 2. The van der Waals surface area contributed by atoms with Crippen LogP contribution in [0, 0.1) is 16.7 Å². The number of hydrogen-bond acceptors (Lipinski definition) is 8. The number of nitrogens with zero attached hydrogens (tertiary/aromatic N) is 2. The Bertz CT molecular complexity index is 1440. The van der Waals surface area contributed by atoms with Crippen LogP contribution in [0.25, 0.3) is 11.1 Å². The molecule has 5 rings (SSSR count). The van der Waals surface area contributed by atoms with E-state index in [4.69, 9.17) is 19.2 Å². The van der Waals surface area contributed by atoms with Crippen LogP contribution in [0.15, 0.2) is 47.5 Å². The van der Waals surface area contributed by atoms with E-state index in [0.29, 0.717) is 76.3 Å². The highest BCUT2D eigenvalue weighted by Gasteiger charge is 2.36. The first-order valence-corrected chi connectivity index (χ1v) is 13.0. The Balaban J connectivity index is 1.53. The summed E-state index contributed by atoms with van der Waals surface area (Å²) >= 11 is 1.21. The molecule has 0 saturated heterocycles. The molecular weight excluding hydrogens is 488 g/mol. The average Bonchev–Trinajstić information content (AvgIpc) is 2.90. The van der Waals surface area contributed by atoms with E-state index in [0.717, 1.165) is 5.56 Å². The molecule has 0 atom stereocenters. The molecule has 2 heterocycles. The van der Waals surface area contributed by atoms with Gasteiger partial charge in [0, 0.05) is 23.1 Å². The molecule has 0 fully saturated rings. The molecule has 1 aliphatic carbocycles. The van der Waals surface area contributed by atoms with Gasteiger partial charge < -0.3 is 14.2 Å². The van der Waals surface area contributed by atoms with E-state index in [1.165, 1.54) is 11.8 Å². The summed E-state index contributed by atoms with van der Waals surface area (Å²) in [5, 5.41) is 10.7. The van der Waals surface area contributed by atoms with E-state index < -0.39 is 0 Å². The zero-order valence-electron chi connectivity index (χ0n) is 20.9. The predicted molar refractivity (Wildman–Crippen MR) is 140 cm³/mol. The van der Waals surface area contributed by atoms with Gasteiger partial charge in [0.05, 0.1) is 24.1 Å². The van der Waals surface area contributed by atoms with Crippen molar-refractivity contribution in [3.63, 3.8) is 0 Å². The first-order valence-electron chi connectivity index (χ1n) is 12.0. The number of fused-ring (bicyclic) bond motifs is 2. The topological polar surface area (TPSA) is 98.5 Å². The van der Waals surface area contributed by atoms with Crippen molar-refractivity contribution in [3.05, 3.63) is 64.8 Å². The quantitative estimate of drug-likeness (QED) is 0.313. The van der Waals surface area contributed by atoms with Crippen LogP contribution in [0.3, 0.4) is 0 Å². The molecule has 188 valence electrons. The monoisotopic (exact) mass is 514 g/mol. The Labute approximate surface area is 219 Å². The minimum absolute atomic E-state index is 0.0232. The van der Waals surface area contributed by atoms with Gasteiger partial charge >= 0.3 is 0 Å². The van der Waals surface area contributed by atoms with Crippen molar-refractivity contribution in [1.29, 1.82) is 5.26 Å². The second kappa shape index (κ2) is 9.91. The fourth-order valence-electron chi connectivity index (χ4n) is 4.77. The summed E-state index contributed by atoms with van der Waals surface area (Å²) in [5.74, 6) is 1.79. The normalized spacial score (nSPS) is 15.5. The number of carbonyl (C=O) groups is 2. The zero-order chi connectivity index (χ0) is 26.2. The summed E-state index contributed by atoms with van der Waals surface area (Å²) < 4.78 is 16.4. The summed E-state index contributed by atoms with van der Waals surface area (Å²) in [4.78, 5) is 31.2. The molecule has 2 aliphatic rings. The van der Waals surface area contributed by atoms with Gasteiger partial charge in [-0.25, -0.2) is 4.98 Å². The molecule has 0 radical (unpaired) electrons. The van der Waals surface area contributed by atoms with Crippen LogP contribution in [0.2, 0.25) is 0 Å². The van der Waals surface area contributed by atoms with Crippen molar-refractivity contribution in [2.24, 2.45) is 5.41 Å². The highest BCUT2D eigenvalue weighted by Crippen LogP contribution is 2.42. The van der Waals surface area contributed by atoms with Gasteiger partial charge in [0.25, 0.3) is 0 Å². The summed E-state index contributed by atoms with van der Waals surface area (Å²) in [7, 11) is 1.59. The molecule has 0 saturated carbocycles. The van der Waals surface area contributed by atoms with Crippen LogP contribution in [0.4, 0.5) is 0 Å². The van der Waals surface area contributed by atoms with Gasteiger partial charge in [0.15, 0.2) is 23.1 Å². The fourth-order valence-corrected chi connectivity index (χ4v) is 5.67. The summed E-state index contributed by atoms with van der Waals surface area (Å²) in [6.07, 6.45) is 0.984. The lowest BCUT2D eigenvalue weighted by Crippen LogP contribution is -2.29. The number of thioether (sulfide) groups is 1. The van der Waals surface area contributed by atoms with Gasteiger partial charge in [0.1, 0.15) is 30.1 Å². The van der Waals surface area contributed by atoms with Crippen molar-refractivity contribution in [1.82, 2.24) is 4.98 Å². The molecule has 3 aromatic rings. The van der Waals surface area contributed by atoms with E-state index >= 15 is 0 Å². The van der Waals surface area contributed by atoms with Crippen LogP contribution in [0.1, 0.15) is 52.2 Å². The average molecular weight is 515 g/mol. The lowest BCUT2D eigenvalue weighted by atomic mass is 9.73. The van der Waals surface area contributed by atoms with Crippen LogP contribution in [-0.2, 0) is 6.42 Å². The third kappa shape index (κ3) is 4.92. The van der Waals surface area contributed by atoms with Crippen molar-refractivity contribution < 1.29 is 23.8 Å². The number of methoxy groups -OCH3 is 1. The summed E-state index contributed by atoms with van der Waals surface area (Å²) in [6.45, 7) is 5.00. The molecule has 2 aromatic carbocycles. The minimum atomic E-state index is -0.245. The van der Waals surface area contributed by atoms with E-state index in [1.807, 2.05) is 26.0 Å². The standard InChI is InChI=1S/C29H26N2O5S/c1-29(2)13-21-27(22(32)14-29)26(17-4-7-19(34-3)8-5-17)20(15-30)28(31-21)37-16-23(33)18-6-9-24-25(12-18)36-11-10-35-24/h4-9,12H,10-11,13-14,16H2,1-3H3. The van der Waals surface area contributed by atoms with Crippen molar-refractivity contribution in [2.75, 3.05) is 26.1 Å². The Kier molecular flexibility index (Phi) is 6.65. The predicted octanol–water partition coefficient (Wildman–Crippen LogP) is 5.53. The number of Topliss-reactive ketones (excluding diaryl/α,β-unsaturated/α-hetero) is 2. The van der Waals surface area contributed by atoms with Crippen molar-refractivity contribution in [2.45, 2.75) is 31.7 Å². The molecule has 8 heteroatoms. The molecule has 0 bridgehead atoms. The smallest absolute Gasteiger partial charge is 0.173 e. The number of hydrogen-bond donors (Lipinski definition) is 0. The number of ether oxygens (including phenoxy) is 3. The third-order valence-electron chi connectivity index (χ3n) is 6.50. The fraction of sp³-hybridized carbons (Fsp3) is 0.310. The van der Waals surface area contributed by atoms with Crippen LogP contribution in [-0.4, -0.2) is 42.6 Å². The number of pyridine rings is 1. The van der Waals surface area contributed by atoms with E-state index in [2.05, 4.69) is 6.07 Å². The molecule has 0 N–H and O–H groups in total. The van der Waals surface area contributed by atoms with Gasteiger partial charge in [-0.05, 0) is 47.7 Å². The molecule has 7 nitrogen and oxygen atoms in total. The number of ketones is 2. The van der Waals surface area contributed by atoms with Gasteiger partial charge in [-0.2, -0.15) is 5.26 Å². The zero-order valence-corrected chi connectivity index (χ0v) is 21.7.